The number of aryl methyl sites for hydroxylation is 1. The smallest absolute Gasteiger partial charge is 0.136 e. The van der Waals surface area contributed by atoms with Crippen molar-refractivity contribution in [1.29, 1.82) is 0 Å². The SMILES string of the molecule is Cc1cccc(-c2nc(C(C)C)c(CN)s2)c1F. The topological polar surface area (TPSA) is 38.9 Å². The lowest BCUT2D eigenvalue weighted by Gasteiger charge is -2.02. The molecule has 1 aromatic carbocycles. The van der Waals surface area contributed by atoms with Crippen LogP contribution in [0.3, 0.4) is 0 Å². The van der Waals surface area contributed by atoms with Crippen molar-refractivity contribution in [2.24, 2.45) is 5.73 Å². The van der Waals surface area contributed by atoms with Crippen LogP contribution in [0.5, 0.6) is 0 Å². The molecule has 0 aliphatic heterocycles. The Kier molecular flexibility index (Phi) is 3.78. The molecular formula is C14H17FN2S. The maximum atomic E-state index is 14.1. The second-order valence-corrected chi connectivity index (χ2v) is 5.71. The summed E-state index contributed by atoms with van der Waals surface area (Å²) in [4.78, 5) is 5.59. The molecule has 0 saturated heterocycles. The molecule has 2 nitrogen and oxygen atoms in total. The summed E-state index contributed by atoms with van der Waals surface area (Å²) in [5.41, 5.74) is 7.92. The lowest BCUT2D eigenvalue weighted by molar-refractivity contribution is 0.622. The molecule has 0 aliphatic carbocycles. The predicted octanol–water partition coefficient (Wildman–Crippen LogP) is 3.84. The van der Waals surface area contributed by atoms with Gasteiger partial charge >= 0.3 is 0 Å². The first-order valence-corrected chi connectivity index (χ1v) is 6.81. The van der Waals surface area contributed by atoms with E-state index in [9.17, 15) is 4.39 Å². The first-order chi connectivity index (χ1) is 8.54. The van der Waals surface area contributed by atoms with Crippen LogP contribution >= 0.6 is 11.3 Å². The fourth-order valence-electron chi connectivity index (χ4n) is 1.89. The summed E-state index contributed by atoms with van der Waals surface area (Å²) in [7, 11) is 0. The number of aromatic nitrogens is 1. The van der Waals surface area contributed by atoms with E-state index in [1.807, 2.05) is 6.07 Å². The Morgan fingerprint density at radius 3 is 2.67 bits per heavy atom. The first-order valence-electron chi connectivity index (χ1n) is 5.99. The minimum atomic E-state index is -0.190. The van der Waals surface area contributed by atoms with Gasteiger partial charge < -0.3 is 5.73 Å². The van der Waals surface area contributed by atoms with Crippen molar-refractivity contribution < 1.29 is 4.39 Å². The second kappa shape index (κ2) is 5.16. The highest BCUT2D eigenvalue weighted by Gasteiger charge is 2.16. The lowest BCUT2D eigenvalue weighted by atomic mass is 10.1. The van der Waals surface area contributed by atoms with Crippen molar-refractivity contribution in [3.63, 3.8) is 0 Å². The predicted molar refractivity (Wildman–Crippen MR) is 74.2 cm³/mol. The first kappa shape index (κ1) is 13.2. The number of hydrogen-bond donors (Lipinski definition) is 1. The molecule has 4 heteroatoms. The minimum absolute atomic E-state index is 0.190. The van der Waals surface area contributed by atoms with E-state index in [1.54, 1.807) is 19.1 Å². The maximum absolute atomic E-state index is 14.1. The zero-order chi connectivity index (χ0) is 13.3. The molecule has 2 aromatic rings. The number of benzene rings is 1. The van der Waals surface area contributed by atoms with E-state index in [0.717, 1.165) is 15.6 Å². The standard InChI is InChI=1S/C14H17FN2S/c1-8(2)13-11(7-16)18-14(17-13)10-6-4-5-9(3)12(10)15/h4-6,8H,7,16H2,1-3H3. The van der Waals surface area contributed by atoms with Gasteiger partial charge in [-0.15, -0.1) is 11.3 Å². The summed E-state index contributed by atoms with van der Waals surface area (Å²) in [6.07, 6.45) is 0. The molecule has 1 aromatic heterocycles. The second-order valence-electron chi connectivity index (χ2n) is 4.62. The van der Waals surface area contributed by atoms with E-state index in [0.29, 0.717) is 23.6 Å². The zero-order valence-corrected chi connectivity index (χ0v) is 11.6. The van der Waals surface area contributed by atoms with E-state index in [2.05, 4.69) is 18.8 Å². The van der Waals surface area contributed by atoms with Gasteiger partial charge in [-0.2, -0.15) is 0 Å². The number of nitrogens with two attached hydrogens (primary N) is 1. The summed E-state index contributed by atoms with van der Waals surface area (Å²) in [5.74, 6) is 0.117. The molecule has 1 heterocycles. The van der Waals surface area contributed by atoms with Crippen LogP contribution in [0.15, 0.2) is 18.2 Å². The number of nitrogens with zero attached hydrogens (tertiary/aromatic N) is 1. The van der Waals surface area contributed by atoms with Crippen LogP contribution in [0, 0.1) is 12.7 Å². The molecule has 0 fully saturated rings. The molecule has 2 rings (SSSR count). The molecular weight excluding hydrogens is 247 g/mol. The van der Waals surface area contributed by atoms with Gasteiger partial charge in [0.1, 0.15) is 10.8 Å². The summed E-state index contributed by atoms with van der Waals surface area (Å²) in [5, 5.41) is 0.723. The van der Waals surface area contributed by atoms with Crippen LogP contribution in [0.25, 0.3) is 10.6 Å². The van der Waals surface area contributed by atoms with E-state index in [4.69, 9.17) is 5.73 Å². The summed E-state index contributed by atoms with van der Waals surface area (Å²) in [6, 6.07) is 5.39. The van der Waals surface area contributed by atoms with Gasteiger partial charge in [0.2, 0.25) is 0 Å². The highest BCUT2D eigenvalue weighted by Crippen LogP contribution is 2.33. The minimum Gasteiger partial charge on any atom is -0.326 e. The summed E-state index contributed by atoms with van der Waals surface area (Å²) < 4.78 is 14.1. The van der Waals surface area contributed by atoms with Gasteiger partial charge in [0.05, 0.1) is 5.69 Å². The van der Waals surface area contributed by atoms with Gasteiger partial charge in [0, 0.05) is 17.0 Å². The van der Waals surface area contributed by atoms with Crippen molar-refractivity contribution in [2.75, 3.05) is 0 Å². The highest BCUT2D eigenvalue weighted by atomic mass is 32.1. The Bertz CT molecular complexity index is 561. The summed E-state index contributed by atoms with van der Waals surface area (Å²) in [6.45, 7) is 6.37. The molecule has 0 atom stereocenters. The lowest BCUT2D eigenvalue weighted by Crippen LogP contribution is -1.99. The summed E-state index contributed by atoms with van der Waals surface area (Å²) >= 11 is 1.49. The third-order valence-corrected chi connectivity index (χ3v) is 4.01. The fraction of sp³-hybridized carbons (Fsp3) is 0.357. The highest BCUT2D eigenvalue weighted by molar-refractivity contribution is 7.15. The molecule has 2 N–H and O–H groups in total. The molecule has 0 radical (unpaired) electrons. The Hall–Kier alpha value is -1.26. The number of thiazole rings is 1. The van der Waals surface area contributed by atoms with E-state index in [1.165, 1.54) is 11.3 Å². The Labute approximate surface area is 111 Å². The Morgan fingerprint density at radius 2 is 2.11 bits per heavy atom. The molecule has 96 valence electrons. The van der Waals surface area contributed by atoms with Gasteiger partial charge in [-0.3, -0.25) is 0 Å². The number of rotatable bonds is 3. The van der Waals surface area contributed by atoms with Gasteiger partial charge in [0.15, 0.2) is 0 Å². The van der Waals surface area contributed by atoms with E-state index >= 15 is 0 Å². The van der Waals surface area contributed by atoms with Crippen molar-refractivity contribution >= 4 is 11.3 Å². The van der Waals surface area contributed by atoms with Crippen LogP contribution in [0.2, 0.25) is 0 Å². The van der Waals surface area contributed by atoms with Gasteiger partial charge in [-0.05, 0) is 24.5 Å². The van der Waals surface area contributed by atoms with E-state index in [-0.39, 0.29) is 5.82 Å². The average Bonchev–Trinajstić information content (AvgIpc) is 2.76. The zero-order valence-electron chi connectivity index (χ0n) is 10.8. The molecule has 0 saturated carbocycles. The van der Waals surface area contributed by atoms with Crippen LogP contribution in [-0.2, 0) is 6.54 Å². The van der Waals surface area contributed by atoms with Crippen LogP contribution in [0.4, 0.5) is 4.39 Å². The Morgan fingerprint density at radius 1 is 1.39 bits per heavy atom. The molecule has 0 aliphatic rings. The van der Waals surface area contributed by atoms with Crippen molar-refractivity contribution in [2.45, 2.75) is 33.2 Å². The number of halogens is 1. The maximum Gasteiger partial charge on any atom is 0.136 e. The molecule has 0 unspecified atom stereocenters. The normalized spacial score (nSPS) is 11.2. The van der Waals surface area contributed by atoms with Crippen LogP contribution in [-0.4, -0.2) is 4.98 Å². The van der Waals surface area contributed by atoms with Crippen LogP contribution < -0.4 is 5.73 Å². The Balaban J connectivity index is 2.55. The van der Waals surface area contributed by atoms with Gasteiger partial charge in [0.25, 0.3) is 0 Å². The molecule has 0 spiro atoms. The largest absolute Gasteiger partial charge is 0.326 e. The van der Waals surface area contributed by atoms with E-state index < -0.39 is 0 Å². The molecule has 0 bridgehead atoms. The third-order valence-electron chi connectivity index (χ3n) is 2.88. The quantitative estimate of drug-likeness (QED) is 0.914. The average molecular weight is 264 g/mol. The van der Waals surface area contributed by atoms with Crippen molar-refractivity contribution in [3.05, 3.63) is 40.2 Å². The number of hydrogen-bond acceptors (Lipinski definition) is 3. The fourth-order valence-corrected chi connectivity index (χ4v) is 3.00. The molecule has 18 heavy (non-hydrogen) atoms. The monoisotopic (exact) mass is 264 g/mol. The van der Waals surface area contributed by atoms with Crippen LogP contribution in [0.1, 0.15) is 35.9 Å². The third kappa shape index (κ3) is 2.31. The van der Waals surface area contributed by atoms with Gasteiger partial charge in [-0.25, -0.2) is 9.37 Å². The molecule has 0 amide bonds. The van der Waals surface area contributed by atoms with Gasteiger partial charge in [-0.1, -0.05) is 26.0 Å². The van der Waals surface area contributed by atoms with Crippen molar-refractivity contribution in [3.8, 4) is 10.6 Å². The van der Waals surface area contributed by atoms with Crippen molar-refractivity contribution in [1.82, 2.24) is 4.98 Å².